The molecule has 2 N–H and O–H groups in total. The Balaban J connectivity index is 1.34. The van der Waals surface area contributed by atoms with Crippen molar-refractivity contribution in [3.63, 3.8) is 0 Å². The highest BCUT2D eigenvalue weighted by molar-refractivity contribution is 6.06. The molecule has 5 heteroatoms. The van der Waals surface area contributed by atoms with E-state index in [-0.39, 0.29) is 5.91 Å². The summed E-state index contributed by atoms with van der Waals surface area (Å²) in [5.74, 6) is -0.0468. The lowest BCUT2D eigenvalue weighted by Gasteiger charge is -2.35. The van der Waals surface area contributed by atoms with Gasteiger partial charge in [-0.05, 0) is 87.2 Å². The Morgan fingerprint density at radius 3 is 2.60 bits per heavy atom. The number of hydrogen-bond donors (Lipinski definition) is 2. The number of rotatable bonds is 3. The average Bonchev–Trinajstić information content (AvgIpc) is 3.12. The van der Waals surface area contributed by atoms with Gasteiger partial charge in [-0.3, -0.25) is 4.79 Å². The summed E-state index contributed by atoms with van der Waals surface area (Å²) in [6.45, 7) is 6.39. The fourth-order valence-corrected chi connectivity index (χ4v) is 4.89. The van der Waals surface area contributed by atoms with E-state index in [0.29, 0.717) is 0 Å². The third-order valence-corrected chi connectivity index (χ3v) is 6.66. The monoisotopic (exact) mass is 402 g/mol. The molecule has 0 unspecified atom stereocenters. The van der Waals surface area contributed by atoms with Gasteiger partial charge in [0.05, 0.1) is 0 Å². The van der Waals surface area contributed by atoms with E-state index in [2.05, 4.69) is 52.3 Å². The van der Waals surface area contributed by atoms with Crippen molar-refractivity contribution < 1.29 is 4.79 Å². The van der Waals surface area contributed by atoms with Crippen LogP contribution in [0, 0.1) is 6.92 Å². The van der Waals surface area contributed by atoms with E-state index < -0.39 is 0 Å². The molecule has 5 rings (SSSR count). The molecule has 30 heavy (non-hydrogen) atoms. The van der Waals surface area contributed by atoms with Crippen molar-refractivity contribution in [2.24, 2.45) is 0 Å². The Morgan fingerprint density at radius 1 is 1.00 bits per heavy atom. The van der Waals surface area contributed by atoms with Crippen LogP contribution < -0.4 is 10.2 Å². The fraction of sp³-hybridized carbons (Fsp3) is 0.400. The zero-order chi connectivity index (χ0) is 20.7. The molecule has 5 nitrogen and oxygen atoms in total. The average molecular weight is 403 g/mol. The Hall–Kier alpha value is -2.79. The lowest BCUT2D eigenvalue weighted by Crippen LogP contribution is -2.44. The number of likely N-dealkylation sites (N-methyl/N-ethyl adjacent to an activating group) is 1. The lowest BCUT2D eigenvalue weighted by atomic mass is 9.95. The number of carbonyl (C=O) groups excluding carboxylic acids is 1. The first-order valence-corrected chi connectivity index (χ1v) is 11.1. The van der Waals surface area contributed by atoms with E-state index in [4.69, 9.17) is 0 Å². The molecule has 0 saturated carbocycles. The van der Waals surface area contributed by atoms with Crippen LogP contribution in [0.5, 0.6) is 0 Å². The standard InChI is InChI=1S/C25H30N4O/c1-17-15-19(8-10-24(17)29-13-11-28(2)12-14-29)26-25(30)18-7-9-23-21(16-18)20-5-3-4-6-22(20)27-23/h7-10,15-16,27H,3-6,11-14H2,1-2H3,(H,26,30). The second-order valence-corrected chi connectivity index (χ2v) is 8.80. The summed E-state index contributed by atoms with van der Waals surface area (Å²) in [7, 11) is 2.17. The van der Waals surface area contributed by atoms with E-state index in [9.17, 15) is 4.79 Å². The Bertz CT molecular complexity index is 1090. The van der Waals surface area contributed by atoms with Gasteiger partial charge in [-0.15, -0.1) is 0 Å². The van der Waals surface area contributed by atoms with Gasteiger partial charge in [-0.25, -0.2) is 0 Å². The predicted octanol–water partition coefficient (Wildman–Crippen LogP) is 4.36. The first kappa shape index (κ1) is 19.2. The number of aryl methyl sites for hydroxylation is 3. The fourth-order valence-electron chi connectivity index (χ4n) is 4.89. The molecule has 2 aromatic carbocycles. The molecule has 1 aromatic heterocycles. The predicted molar refractivity (Wildman–Crippen MR) is 124 cm³/mol. The first-order valence-electron chi connectivity index (χ1n) is 11.1. The third kappa shape index (κ3) is 3.58. The van der Waals surface area contributed by atoms with E-state index in [1.165, 1.54) is 40.7 Å². The van der Waals surface area contributed by atoms with Crippen LogP contribution >= 0.6 is 0 Å². The molecule has 2 aliphatic rings. The number of H-pyrrole nitrogens is 1. The third-order valence-electron chi connectivity index (χ3n) is 6.66. The van der Waals surface area contributed by atoms with Gasteiger partial charge in [-0.1, -0.05) is 0 Å². The molecular formula is C25H30N4O. The summed E-state index contributed by atoms with van der Waals surface area (Å²) in [5, 5.41) is 4.30. The van der Waals surface area contributed by atoms with Crippen LogP contribution in [0.25, 0.3) is 10.9 Å². The number of fused-ring (bicyclic) bond motifs is 3. The lowest BCUT2D eigenvalue weighted by molar-refractivity contribution is 0.102. The summed E-state index contributed by atoms with van der Waals surface area (Å²) < 4.78 is 0. The molecule has 0 atom stereocenters. The minimum atomic E-state index is -0.0468. The Kier molecular flexibility index (Phi) is 4.99. The van der Waals surface area contributed by atoms with Crippen LogP contribution in [0.4, 0.5) is 11.4 Å². The van der Waals surface area contributed by atoms with Gasteiger partial charge in [0, 0.05) is 59.7 Å². The minimum absolute atomic E-state index is 0.0468. The molecular weight excluding hydrogens is 372 g/mol. The quantitative estimate of drug-likeness (QED) is 0.684. The molecule has 2 heterocycles. The van der Waals surface area contributed by atoms with Crippen LogP contribution in [0.1, 0.15) is 40.0 Å². The summed E-state index contributed by atoms with van der Waals surface area (Å²) in [6.07, 6.45) is 4.70. The van der Waals surface area contributed by atoms with Crippen LogP contribution in [0.2, 0.25) is 0 Å². The number of nitrogens with one attached hydrogen (secondary N) is 2. The van der Waals surface area contributed by atoms with Crippen molar-refractivity contribution in [2.75, 3.05) is 43.4 Å². The Morgan fingerprint density at radius 2 is 1.80 bits per heavy atom. The number of nitrogens with zero attached hydrogens (tertiary/aromatic N) is 2. The topological polar surface area (TPSA) is 51.4 Å². The van der Waals surface area contributed by atoms with Gasteiger partial charge in [0.25, 0.3) is 5.91 Å². The molecule has 156 valence electrons. The van der Waals surface area contributed by atoms with E-state index in [1.54, 1.807) is 0 Å². The van der Waals surface area contributed by atoms with Crippen molar-refractivity contribution in [1.29, 1.82) is 0 Å². The summed E-state index contributed by atoms with van der Waals surface area (Å²) in [5.41, 5.74) is 7.93. The van der Waals surface area contributed by atoms with Crippen molar-refractivity contribution in [3.8, 4) is 0 Å². The Labute approximate surface area is 178 Å². The number of hydrogen-bond acceptors (Lipinski definition) is 3. The number of benzene rings is 2. The second kappa shape index (κ2) is 7.80. The van der Waals surface area contributed by atoms with Crippen molar-refractivity contribution >= 4 is 28.2 Å². The molecule has 3 aromatic rings. The number of aromatic amines is 1. The number of aromatic nitrogens is 1. The molecule has 0 bridgehead atoms. The highest BCUT2D eigenvalue weighted by Gasteiger charge is 2.18. The number of carbonyl (C=O) groups is 1. The van der Waals surface area contributed by atoms with Gasteiger partial charge in [0.15, 0.2) is 0 Å². The van der Waals surface area contributed by atoms with Crippen LogP contribution in [0.3, 0.4) is 0 Å². The van der Waals surface area contributed by atoms with Gasteiger partial charge in [0.2, 0.25) is 0 Å². The van der Waals surface area contributed by atoms with E-state index in [0.717, 1.165) is 55.8 Å². The summed E-state index contributed by atoms with van der Waals surface area (Å²) >= 11 is 0. The van der Waals surface area contributed by atoms with E-state index in [1.807, 2.05) is 18.2 Å². The van der Waals surface area contributed by atoms with Gasteiger partial charge >= 0.3 is 0 Å². The molecule has 1 fully saturated rings. The van der Waals surface area contributed by atoms with Crippen molar-refractivity contribution in [2.45, 2.75) is 32.6 Å². The maximum absolute atomic E-state index is 12.9. The van der Waals surface area contributed by atoms with Crippen LogP contribution in [0.15, 0.2) is 36.4 Å². The van der Waals surface area contributed by atoms with Gasteiger partial charge < -0.3 is 20.1 Å². The zero-order valence-corrected chi connectivity index (χ0v) is 17.9. The van der Waals surface area contributed by atoms with Gasteiger partial charge in [0.1, 0.15) is 0 Å². The van der Waals surface area contributed by atoms with Crippen LogP contribution in [-0.2, 0) is 12.8 Å². The van der Waals surface area contributed by atoms with Crippen molar-refractivity contribution in [1.82, 2.24) is 9.88 Å². The maximum atomic E-state index is 12.9. The van der Waals surface area contributed by atoms with Crippen molar-refractivity contribution in [3.05, 3.63) is 58.8 Å². The smallest absolute Gasteiger partial charge is 0.255 e. The normalized spacial score (nSPS) is 17.2. The molecule has 0 spiro atoms. The maximum Gasteiger partial charge on any atom is 0.255 e. The molecule has 1 aliphatic carbocycles. The second-order valence-electron chi connectivity index (χ2n) is 8.80. The van der Waals surface area contributed by atoms with Gasteiger partial charge in [-0.2, -0.15) is 0 Å². The molecule has 0 radical (unpaired) electrons. The molecule has 1 saturated heterocycles. The molecule has 1 amide bonds. The highest BCUT2D eigenvalue weighted by atomic mass is 16.1. The SMILES string of the molecule is Cc1cc(NC(=O)c2ccc3[nH]c4c(c3c2)CCCC4)ccc1N1CCN(C)CC1. The number of anilines is 2. The first-order chi connectivity index (χ1) is 14.6. The highest BCUT2D eigenvalue weighted by Crippen LogP contribution is 2.30. The molecule has 1 aliphatic heterocycles. The van der Waals surface area contributed by atoms with Crippen LogP contribution in [-0.4, -0.2) is 49.0 Å². The summed E-state index contributed by atoms with van der Waals surface area (Å²) in [4.78, 5) is 21.3. The zero-order valence-electron chi connectivity index (χ0n) is 17.9. The minimum Gasteiger partial charge on any atom is -0.369 e. The largest absolute Gasteiger partial charge is 0.369 e. The number of piperazine rings is 1. The van der Waals surface area contributed by atoms with E-state index >= 15 is 0 Å². The number of amides is 1. The summed E-state index contributed by atoms with van der Waals surface area (Å²) in [6, 6.07) is 12.3.